The Morgan fingerprint density at radius 3 is 2.65 bits per heavy atom. The Morgan fingerprint density at radius 1 is 1.08 bits per heavy atom. The van der Waals surface area contributed by atoms with Crippen LogP contribution in [0.2, 0.25) is 0 Å². The molecule has 1 N–H and O–H groups in total. The highest BCUT2D eigenvalue weighted by atomic mass is 32.2. The molecule has 0 saturated heterocycles. The average Bonchev–Trinajstić information content (AvgIpc) is 2.97. The summed E-state index contributed by atoms with van der Waals surface area (Å²) in [5.74, 6) is 0.745. The number of nitrogens with zero attached hydrogens (tertiary/aromatic N) is 3. The highest BCUT2D eigenvalue weighted by molar-refractivity contribution is 7.98. The van der Waals surface area contributed by atoms with Crippen molar-refractivity contribution in [1.29, 1.82) is 0 Å². The third kappa shape index (κ3) is 3.15. The van der Waals surface area contributed by atoms with Crippen LogP contribution in [-0.2, 0) is 5.75 Å². The molecular formula is C20H18N4OS. The number of aromatic amines is 1. The number of nitrogens with one attached hydrogen (secondary N) is 1. The largest absolute Gasteiger partial charge is 0.350 e. The zero-order valence-electron chi connectivity index (χ0n) is 14.6. The highest BCUT2D eigenvalue weighted by Gasteiger charge is 2.16. The van der Waals surface area contributed by atoms with Crippen molar-refractivity contribution in [3.05, 3.63) is 81.9 Å². The molecule has 0 aliphatic heterocycles. The van der Waals surface area contributed by atoms with Gasteiger partial charge in [0.15, 0.2) is 10.8 Å². The number of hydrogen-bond acceptors (Lipinski definition) is 4. The molecule has 6 heteroatoms. The second kappa shape index (κ2) is 6.80. The summed E-state index contributed by atoms with van der Waals surface area (Å²) < 4.78 is 1.34. The van der Waals surface area contributed by atoms with Gasteiger partial charge in [-0.15, -0.1) is 0 Å². The van der Waals surface area contributed by atoms with Crippen molar-refractivity contribution in [1.82, 2.24) is 19.6 Å². The Morgan fingerprint density at radius 2 is 1.88 bits per heavy atom. The van der Waals surface area contributed by atoms with E-state index in [2.05, 4.69) is 40.2 Å². The molecule has 0 aliphatic carbocycles. The van der Waals surface area contributed by atoms with E-state index < -0.39 is 0 Å². The normalized spacial score (nSPS) is 11.2. The van der Waals surface area contributed by atoms with Crippen LogP contribution in [-0.4, -0.2) is 19.6 Å². The summed E-state index contributed by atoms with van der Waals surface area (Å²) in [6.07, 6.45) is 0. The number of fused-ring (bicyclic) bond motifs is 1. The summed E-state index contributed by atoms with van der Waals surface area (Å²) in [6, 6.07) is 18.3. The Kier molecular flexibility index (Phi) is 4.34. The van der Waals surface area contributed by atoms with Crippen LogP contribution in [0.5, 0.6) is 0 Å². The fourth-order valence-electron chi connectivity index (χ4n) is 2.99. The van der Waals surface area contributed by atoms with Gasteiger partial charge >= 0.3 is 5.69 Å². The van der Waals surface area contributed by atoms with Gasteiger partial charge in [0.1, 0.15) is 0 Å². The molecule has 0 fully saturated rings. The topological polar surface area (TPSA) is 63.1 Å². The number of rotatable bonds is 4. The van der Waals surface area contributed by atoms with E-state index in [1.54, 1.807) is 0 Å². The first-order valence-electron chi connectivity index (χ1n) is 8.35. The highest BCUT2D eigenvalue weighted by Crippen LogP contribution is 2.27. The number of hydrogen-bond donors (Lipinski definition) is 1. The minimum absolute atomic E-state index is 0.271. The zero-order valence-corrected chi connectivity index (χ0v) is 15.4. The van der Waals surface area contributed by atoms with Gasteiger partial charge < -0.3 is 0 Å². The number of thioether (sulfide) groups is 1. The van der Waals surface area contributed by atoms with Crippen LogP contribution in [0.3, 0.4) is 0 Å². The second-order valence-electron chi connectivity index (χ2n) is 6.19. The number of H-pyrrole nitrogens is 1. The molecule has 0 aliphatic rings. The fourth-order valence-corrected chi connectivity index (χ4v) is 3.79. The summed E-state index contributed by atoms with van der Waals surface area (Å²) >= 11 is 1.52. The average molecular weight is 362 g/mol. The van der Waals surface area contributed by atoms with E-state index in [4.69, 9.17) is 0 Å². The lowest BCUT2D eigenvalue weighted by atomic mass is 10.1. The van der Waals surface area contributed by atoms with Gasteiger partial charge in [-0.25, -0.2) is 9.78 Å². The molecule has 4 rings (SSSR count). The van der Waals surface area contributed by atoms with Gasteiger partial charge in [0.05, 0.1) is 5.69 Å². The van der Waals surface area contributed by atoms with Crippen molar-refractivity contribution in [3.63, 3.8) is 0 Å². The van der Waals surface area contributed by atoms with Crippen LogP contribution < -0.4 is 5.69 Å². The van der Waals surface area contributed by atoms with Gasteiger partial charge in [-0.05, 0) is 25.0 Å². The van der Waals surface area contributed by atoms with Gasteiger partial charge in [0.25, 0.3) is 0 Å². The lowest BCUT2D eigenvalue weighted by molar-refractivity contribution is 0.780. The molecular weight excluding hydrogens is 344 g/mol. The standard InChI is InChI=1S/C20H18N4OS/c1-13-7-6-8-15(11-13)12-26-19-21-18-17(16-9-4-3-5-10-16)14(2)23-24(18)20(25)22-19/h3-11H,12H2,1-2H3,(H,21,22,25). The molecule has 26 heavy (non-hydrogen) atoms. The van der Waals surface area contributed by atoms with E-state index in [9.17, 15) is 4.79 Å². The molecule has 2 aromatic carbocycles. The van der Waals surface area contributed by atoms with Crippen molar-refractivity contribution in [3.8, 4) is 11.1 Å². The maximum absolute atomic E-state index is 12.5. The molecule has 2 aromatic heterocycles. The third-order valence-corrected chi connectivity index (χ3v) is 5.11. The summed E-state index contributed by atoms with van der Waals surface area (Å²) in [6.45, 7) is 3.97. The van der Waals surface area contributed by atoms with E-state index >= 15 is 0 Å². The van der Waals surface area contributed by atoms with Crippen molar-refractivity contribution < 1.29 is 0 Å². The zero-order chi connectivity index (χ0) is 18.1. The Labute approximate surface area is 155 Å². The summed E-state index contributed by atoms with van der Waals surface area (Å²) in [5.41, 5.74) is 5.43. The third-order valence-electron chi connectivity index (χ3n) is 4.17. The minimum atomic E-state index is -0.271. The predicted molar refractivity (Wildman–Crippen MR) is 105 cm³/mol. The summed E-state index contributed by atoms with van der Waals surface area (Å²) in [4.78, 5) is 20.0. The van der Waals surface area contributed by atoms with E-state index in [-0.39, 0.29) is 5.69 Å². The smallest absolute Gasteiger partial charge is 0.285 e. The Hall–Kier alpha value is -2.86. The quantitative estimate of drug-likeness (QED) is 0.558. The lowest BCUT2D eigenvalue weighted by Crippen LogP contribution is -2.19. The molecule has 0 saturated carbocycles. The maximum Gasteiger partial charge on any atom is 0.350 e. The van der Waals surface area contributed by atoms with Crippen molar-refractivity contribution in [2.24, 2.45) is 0 Å². The van der Waals surface area contributed by atoms with Crippen LogP contribution >= 0.6 is 11.8 Å². The molecule has 5 nitrogen and oxygen atoms in total. The Bertz CT molecular complexity index is 1130. The first kappa shape index (κ1) is 16.6. The monoisotopic (exact) mass is 362 g/mol. The van der Waals surface area contributed by atoms with Crippen LogP contribution in [0.15, 0.2) is 64.5 Å². The van der Waals surface area contributed by atoms with E-state index in [0.29, 0.717) is 10.8 Å². The van der Waals surface area contributed by atoms with Gasteiger partial charge in [-0.1, -0.05) is 71.9 Å². The van der Waals surface area contributed by atoms with Gasteiger partial charge in [-0.2, -0.15) is 9.61 Å². The Balaban J connectivity index is 1.74. The molecule has 0 amide bonds. The van der Waals surface area contributed by atoms with E-state index in [1.165, 1.54) is 27.4 Å². The maximum atomic E-state index is 12.5. The molecule has 0 bridgehead atoms. The van der Waals surface area contributed by atoms with Crippen LogP contribution in [0.25, 0.3) is 16.8 Å². The summed E-state index contributed by atoms with van der Waals surface area (Å²) in [5, 5.41) is 4.96. The number of aryl methyl sites for hydroxylation is 2. The first-order chi connectivity index (χ1) is 12.6. The minimum Gasteiger partial charge on any atom is -0.285 e. The fraction of sp³-hybridized carbons (Fsp3) is 0.150. The molecule has 130 valence electrons. The molecule has 4 aromatic rings. The first-order valence-corrected chi connectivity index (χ1v) is 9.34. The van der Waals surface area contributed by atoms with Gasteiger partial charge in [0, 0.05) is 11.3 Å². The molecule has 0 atom stereocenters. The second-order valence-corrected chi connectivity index (χ2v) is 7.15. The van der Waals surface area contributed by atoms with Crippen molar-refractivity contribution in [2.45, 2.75) is 24.8 Å². The van der Waals surface area contributed by atoms with Crippen molar-refractivity contribution in [2.75, 3.05) is 0 Å². The molecule has 2 heterocycles. The number of benzene rings is 2. The molecule has 0 unspecified atom stereocenters. The van der Waals surface area contributed by atoms with Crippen LogP contribution in [0.1, 0.15) is 16.8 Å². The predicted octanol–water partition coefficient (Wildman–Crippen LogP) is 3.99. The number of aromatic nitrogens is 4. The van der Waals surface area contributed by atoms with Crippen LogP contribution in [0.4, 0.5) is 0 Å². The SMILES string of the molecule is Cc1cccc(CSc2nc3c(-c4ccccc4)c(C)nn3c(=O)[nH]2)c1. The van der Waals surface area contributed by atoms with Gasteiger partial charge in [-0.3, -0.25) is 4.98 Å². The van der Waals surface area contributed by atoms with E-state index in [1.807, 2.05) is 43.3 Å². The van der Waals surface area contributed by atoms with Crippen molar-refractivity contribution >= 4 is 17.4 Å². The molecule has 0 spiro atoms. The van der Waals surface area contributed by atoms with E-state index in [0.717, 1.165) is 22.6 Å². The summed E-state index contributed by atoms with van der Waals surface area (Å²) in [7, 11) is 0. The van der Waals surface area contributed by atoms with Crippen LogP contribution in [0, 0.1) is 13.8 Å². The lowest BCUT2D eigenvalue weighted by Gasteiger charge is -2.04. The van der Waals surface area contributed by atoms with Gasteiger partial charge in [0.2, 0.25) is 0 Å². The molecule has 0 radical (unpaired) electrons.